The molecule has 4 nitrogen and oxygen atoms in total. The van der Waals surface area contributed by atoms with Crippen LogP contribution in [0, 0.1) is 10.5 Å². The van der Waals surface area contributed by atoms with Crippen LogP contribution in [0.4, 0.5) is 0 Å². The van der Waals surface area contributed by atoms with Crippen LogP contribution in [0.1, 0.15) is 11.5 Å². The Morgan fingerprint density at radius 3 is 2.68 bits per heavy atom. The Bertz CT molecular complexity index is 739. The molecule has 0 aliphatic heterocycles. The number of aromatic nitrogens is 2. The van der Waals surface area contributed by atoms with Crippen molar-refractivity contribution in [2.75, 3.05) is 6.61 Å². The molecule has 3 rings (SSSR count). The first-order valence-corrected chi connectivity index (χ1v) is 8.06. The lowest BCUT2D eigenvalue weighted by Crippen LogP contribution is -2.03. The fourth-order valence-electron chi connectivity index (χ4n) is 2.06. The number of hydrogen-bond acceptors (Lipinski definition) is 4. The largest absolute Gasteiger partial charge is 0.477 e. The maximum atomic E-state index is 5.74. The number of ether oxygens (including phenoxy) is 1. The van der Waals surface area contributed by atoms with E-state index in [0.29, 0.717) is 24.8 Å². The summed E-state index contributed by atoms with van der Waals surface area (Å²) in [5.74, 6) is 2.11. The highest BCUT2D eigenvalue weighted by atomic mass is 127. The van der Waals surface area contributed by atoms with Gasteiger partial charge in [0.25, 0.3) is 0 Å². The van der Waals surface area contributed by atoms with Crippen LogP contribution in [-0.2, 0) is 6.42 Å². The minimum absolute atomic E-state index is 0.523. The number of hydrogen-bond donors (Lipinski definition) is 0. The lowest BCUT2D eigenvalue weighted by atomic mass is 10.2. The summed E-state index contributed by atoms with van der Waals surface area (Å²) in [5, 5.41) is 0. The van der Waals surface area contributed by atoms with Crippen LogP contribution in [0.15, 0.2) is 53.1 Å². The predicted octanol–water partition coefficient (Wildman–Crippen LogP) is 4.27. The molecule has 1 aromatic carbocycles. The monoisotopic (exact) mass is 406 g/mol. The van der Waals surface area contributed by atoms with Gasteiger partial charge in [-0.1, -0.05) is 18.2 Å². The van der Waals surface area contributed by atoms with E-state index in [4.69, 9.17) is 9.15 Å². The highest BCUT2D eigenvalue weighted by molar-refractivity contribution is 14.1. The molecule has 22 heavy (non-hydrogen) atoms. The quantitative estimate of drug-likeness (QED) is 0.594. The van der Waals surface area contributed by atoms with Gasteiger partial charge in [0.2, 0.25) is 11.8 Å². The smallest absolute Gasteiger partial charge is 0.226 e. The zero-order valence-electron chi connectivity index (χ0n) is 12.1. The van der Waals surface area contributed by atoms with E-state index in [1.807, 2.05) is 49.4 Å². The van der Waals surface area contributed by atoms with E-state index in [1.165, 1.54) is 0 Å². The number of oxazole rings is 1. The first-order valence-electron chi connectivity index (χ1n) is 6.98. The van der Waals surface area contributed by atoms with E-state index >= 15 is 0 Å². The molecule has 0 unspecified atom stereocenters. The zero-order valence-corrected chi connectivity index (χ0v) is 14.3. The second kappa shape index (κ2) is 6.91. The standard InChI is InChI=1S/C17H15IN2O2/c1-12-15(9-10-21-16-8-7-14(18)11-19-16)20-17(22-12)13-5-3-2-4-6-13/h2-8,11H,9-10H2,1H3. The minimum atomic E-state index is 0.523. The average molecular weight is 406 g/mol. The van der Waals surface area contributed by atoms with Crippen LogP contribution in [-0.4, -0.2) is 16.6 Å². The normalized spacial score (nSPS) is 10.6. The Hall–Kier alpha value is -1.89. The fourth-order valence-corrected chi connectivity index (χ4v) is 2.38. The van der Waals surface area contributed by atoms with Gasteiger partial charge >= 0.3 is 0 Å². The van der Waals surface area contributed by atoms with Crippen molar-refractivity contribution in [1.29, 1.82) is 0 Å². The van der Waals surface area contributed by atoms with Crippen LogP contribution in [0.25, 0.3) is 11.5 Å². The second-order valence-electron chi connectivity index (χ2n) is 4.80. The number of rotatable bonds is 5. The Morgan fingerprint density at radius 2 is 1.95 bits per heavy atom. The molecule has 0 radical (unpaired) electrons. The maximum Gasteiger partial charge on any atom is 0.226 e. The molecule has 0 saturated carbocycles. The lowest BCUT2D eigenvalue weighted by molar-refractivity contribution is 0.307. The summed E-state index contributed by atoms with van der Waals surface area (Å²) in [4.78, 5) is 8.77. The summed E-state index contributed by atoms with van der Waals surface area (Å²) >= 11 is 2.22. The average Bonchev–Trinajstić information content (AvgIpc) is 2.91. The molecule has 0 fully saturated rings. The minimum Gasteiger partial charge on any atom is -0.477 e. The van der Waals surface area contributed by atoms with Crippen LogP contribution >= 0.6 is 22.6 Å². The van der Waals surface area contributed by atoms with Crippen molar-refractivity contribution in [2.24, 2.45) is 0 Å². The van der Waals surface area contributed by atoms with Crippen molar-refractivity contribution >= 4 is 22.6 Å². The number of benzene rings is 1. The molecule has 5 heteroatoms. The first kappa shape index (κ1) is 15.0. The van der Waals surface area contributed by atoms with Crippen molar-refractivity contribution in [2.45, 2.75) is 13.3 Å². The van der Waals surface area contributed by atoms with Gasteiger partial charge < -0.3 is 9.15 Å². The Morgan fingerprint density at radius 1 is 1.14 bits per heavy atom. The molecular weight excluding hydrogens is 391 g/mol. The summed E-state index contributed by atoms with van der Waals surface area (Å²) in [6, 6.07) is 13.7. The van der Waals surface area contributed by atoms with Crippen molar-refractivity contribution in [3.63, 3.8) is 0 Å². The molecule has 2 heterocycles. The number of aryl methyl sites for hydroxylation is 1. The summed E-state index contributed by atoms with van der Waals surface area (Å²) in [6.45, 7) is 2.45. The molecule has 0 bridgehead atoms. The van der Waals surface area contributed by atoms with E-state index in [1.54, 1.807) is 6.20 Å². The van der Waals surface area contributed by atoms with Gasteiger partial charge in [0.05, 0.1) is 12.3 Å². The summed E-state index contributed by atoms with van der Waals surface area (Å²) in [6.07, 6.45) is 2.47. The molecule has 0 spiro atoms. The number of halogens is 1. The zero-order chi connectivity index (χ0) is 15.4. The Balaban J connectivity index is 1.63. The van der Waals surface area contributed by atoms with E-state index in [-0.39, 0.29) is 0 Å². The first-order chi connectivity index (χ1) is 10.7. The Kier molecular flexibility index (Phi) is 4.72. The van der Waals surface area contributed by atoms with Crippen LogP contribution < -0.4 is 4.74 Å². The third kappa shape index (κ3) is 3.65. The molecule has 0 N–H and O–H groups in total. The molecule has 112 valence electrons. The molecule has 0 aliphatic rings. The van der Waals surface area contributed by atoms with E-state index in [0.717, 1.165) is 20.6 Å². The van der Waals surface area contributed by atoms with Gasteiger partial charge in [0.15, 0.2) is 0 Å². The van der Waals surface area contributed by atoms with Gasteiger partial charge in [-0.2, -0.15) is 0 Å². The van der Waals surface area contributed by atoms with Gasteiger partial charge in [0, 0.05) is 27.8 Å². The third-order valence-electron chi connectivity index (χ3n) is 3.20. The second-order valence-corrected chi connectivity index (χ2v) is 6.05. The molecule has 3 aromatic rings. The van der Waals surface area contributed by atoms with Gasteiger partial charge in [-0.3, -0.25) is 0 Å². The highest BCUT2D eigenvalue weighted by Gasteiger charge is 2.11. The highest BCUT2D eigenvalue weighted by Crippen LogP contribution is 2.21. The molecule has 0 atom stereocenters. The van der Waals surface area contributed by atoms with Gasteiger partial charge in [-0.25, -0.2) is 9.97 Å². The van der Waals surface area contributed by atoms with Crippen LogP contribution in [0.5, 0.6) is 5.88 Å². The summed E-state index contributed by atoms with van der Waals surface area (Å²) in [5.41, 5.74) is 1.90. The van der Waals surface area contributed by atoms with Crippen LogP contribution in [0.3, 0.4) is 0 Å². The molecule has 0 aliphatic carbocycles. The summed E-state index contributed by atoms with van der Waals surface area (Å²) in [7, 11) is 0. The maximum absolute atomic E-state index is 5.74. The van der Waals surface area contributed by atoms with Gasteiger partial charge in [0.1, 0.15) is 5.76 Å². The van der Waals surface area contributed by atoms with Crippen LogP contribution in [0.2, 0.25) is 0 Å². The van der Waals surface area contributed by atoms with Gasteiger partial charge in [-0.05, 0) is 47.7 Å². The topological polar surface area (TPSA) is 48.2 Å². The van der Waals surface area contributed by atoms with Crippen molar-refractivity contribution in [3.8, 4) is 17.3 Å². The van der Waals surface area contributed by atoms with E-state index in [9.17, 15) is 0 Å². The molecular formula is C17H15IN2O2. The number of nitrogens with zero attached hydrogens (tertiary/aromatic N) is 2. The molecule has 0 amide bonds. The molecule has 0 saturated heterocycles. The predicted molar refractivity (Wildman–Crippen MR) is 92.8 cm³/mol. The third-order valence-corrected chi connectivity index (χ3v) is 3.84. The van der Waals surface area contributed by atoms with Crippen molar-refractivity contribution in [3.05, 3.63) is 63.7 Å². The van der Waals surface area contributed by atoms with Crippen molar-refractivity contribution < 1.29 is 9.15 Å². The summed E-state index contributed by atoms with van der Waals surface area (Å²) < 4.78 is 12.5. The van der Waals surface area contributed by atoms with Crippen molar-refractivity contribution in [1.82, 2.24) is 9.97 Å². The van der Waals surface area contributed by atoms with Gasteiger partial charge in [-0.15, -0.1) is 0 Å². The number of pyridine rings is 1. The fraction of sp³-hybridized carbons (Fsp3) is 0.176. The van der Waals surface area contributed by atoms with E-state index < -0.39 is 0 Å². The lowest BCUT2D eigenvalue weighted by Gasteiger charge is -2.03. The molecule has 2 aromatic heterocycles. The Labute approximate surface area is 142 Å². The van der Waals surface area contributed by atoms with E-state index in [2.05, 4.69) is 32.6 Å². The SMILES string of the molecule is Cc1oc(-c2ccccc2)nc1CCOc1ccc(I)cn1.